The Morgan fingerprint density at radius 3 is 2.64 bits per heavy atom. The molecule has 0 spiro atoms. The van der Waals surface area contributed by atoms with E-state index < -0.39 is 11.3 Å². The minimum Gasteiger partial charge on any atom is -0.390 e. The number of carbonyl (C=O) groups is 1. The summed E-state index contributed by atoms with van der Waals surface area (Å²) in [6, 6.07) is 10.4. The van der Waals surface area contributed by atoms with Gasteiger partial charge in [-0.3, -0.25) is 9.59 Å². The number of hydrogen-bond acceptors (Lipinski definition) is 4. The van der Waals surface area contributed by atoms with Crippen LogP contribution in [0.2, 0.25) is 5.02 Å². The van der Waals surface area contributed by atoms with Crippen LogP contribution in [0.25, 0.3) is 11.0 Å². The van der Waals surface area contributed by atoms with Gasteiger partial charge in [0, 0.05) is 24.8 Å². The number of carbonyl (C=O) groups excluding carboxylic acids is 1. The van der Waals surface area contributed by atoms with E-state index >= 15 is 0 Å². The highest BCUT2D eigenvalue weighted by Crippen LogP contribution is 2.11. The molecule has 0 saturated carbocycles. The van der Waals surface area contributed by atoms with Gasteiger partial charge in [-0.25, -0.2) is 4.98 Å². The highest BCUT2D eigenvalue weighted by Gasteiger charge is 2.15. The van der Waals surface area contributed by atoms with Crippen molar-refractivity contribution in [3.63, 3.8) is 0 Å². The second kappa shape index (κ2) is 7.04. The van der Waals surface area contributed by atoms with Crippen LogP contribution in [0.4, 0.5) is 0 Å². The lowest BCUT2D eigenvalue weighted by Crippen LogP contribution is -2.29. The van der Waals surface area contributed by atoms with Crippen LogP contribution in [0, 0.1) is 0 Å². The Kier molecular flexibility index (Phi) is 4.83. The molecule has 0 aliphatic heterocycles. The van der Waals surface area contributed by atoms with Crippen LogP contribution in [0.5, 0.6) is 0 Å². The largest absolute Gasteiger partial charge is 0.390 e. The number of aliphatic hydroxyl groups is 1. The molecule has 0 aliphatic rings. The summed E-state index contributed by atoms with van der Waals surface area (Å²) < 4.78 is 1.67. The van der Waals surface area contributed by atoms with Gasteiger partial charge >= 0.3 is 0 Å². The Hall–Kier alpha value is -2.70. The summed E-state index contributed by atoms with van der Waals surface area (Å²) in [5.41, 5.74) is 1.55. The molecule has 0 unspecified atom stereocenters. The fourth-order valence-electron chi connectivity index (χ4n) is 2.52. The van der Waals surface area contributed by atoms with Gasteiger partial charge in [0.25, 0.3) is 5.91 Å². The minimum absolute atomic E-state index is 0.00607. The molecule has 25 heavy (non-hydrogen) atoms. The molecular formula is C18H16ClN3O3. The molecule has 2 heterocycles. The average Bonchev–Trinajstić information content (AvgIpc) is 2.63. The Labute approximate surface area is 148 Å². The second-order valence-electron chi connectivity index (χ2n) is 5.62. The quantitative estimate of drug-likeness (QED) is 0.748. The summed E-state index contributed by atoms with van der Waals surface area (Å²) in [4.78, 5) is 29.2. The molecule has 0 bridgehead atoms. The number of nitrogens with one attached hydrogen (secondary N) is 1. The topological polar surface area (TPSA) is 84.2 Å². The molecule has 6 nitrogen and oxygen atoms in total. The van der Waals surface area contributed by atoms with E-state index in [-0.39, 0.29) is 24.2 Å². The van der Waals surface area contributed by atoms with Crippen molar-refractivity contribution in [3.05, 3.63) is 74.7 Å². The van der Waals surface area contributed by atoms with Gasteiger partial charge in [0.05, 0.1) is 17.8 Å². The SMILES string of the molecule is Cn1cc(C(=O)NCc2ccc(Cl)cc2)c(=O)c2nc(CO)ccc21. The lowest BCUT2D eigenvalue weighted by atomic mass is 10.1. The number of halogens is 1. The van der Waals surface area contributed by atoms with E-state index in [1.807, 2.05) is 0 Å². The van der Waals surface area contributed by atoms with E-state index in [1.54, 1.807) is 48.0 Å². The fourth-order valence-corrected chi connectivity index (χ4v) is 2.65. The predicted octanol–water partition coefficient (Wildman–Crippen LogP) is 2.01. The molecule has 0 fully saturated rings. The third-order valence-corrected chi connectivity index (χ3v) is 4.12. The summed E-state index contributed by atoms with van der Waals surface area (Å²) in [6.45, 7) is 0.00733. The molecule has 7 heteroatoms. The van der Waals surface area contributed by atoms with E-state index in [4.69, 9.17) is 11.6 Å². The monoisotopic (exact) mass is 357 g/mol. The minimum atomic E-state index is -0.478. The maximum Gasteiger partial charge on any atom is 0.257 e. The summed E-state index contributed by atoms with van der Waals surface area (Å²) in [5, 5.41) is 12.5. The van der Waals surface area contributed by atoms with E-state index in [9.17, 15) is 14.7 Å². The van der Waals surface area contributed by atoms with Crippen LogP contribution in [0.1, 0.15) is 21.6 Å². The first kappa shape index (κ1) is 17.1. The smallest absolute Gasteiger partial charge is 0.257 e. The number of nitrogens with zero attached hydrogens (tertiary/aromatic N) is 2. The molecular weight excluding hydrogens is 342 g/mol. The first-order chi connectivity index (χ1) is 12.0. The molecule has 2 aromatic heterocycles. The van der Waals surface area contributed by atoms with Gasteiger partial charge in [0.2, 0.25) is 5.43 Å². The third kappa shape index (κ3) is 3.55. The normalized spacial score (nSPS) is 10.8. The summed E-state index contributed by atoms with van der Waals surface area (Å²) in [6.07, 6.45) is 1.49. The number of rotatable bonds is 4. The van der Waals surface area contributed by atoms with E-state index in [0.717, 1.165) is 5.56 Å². The van der Waals surface area contributed by atoms with E-state index in [1.165, 1.54) is 6.20 Å². The Morgan fingerprint density at radius 2 is 1.96 bits per heavy atom. The zero-order valence-electron chi connectivity index (χ0n) is 13.5. The standard InChI is InChI=1S/C18H16ClN3O3/c1-22-9-14(17(24)16-15(22)7-6-13(10-23)21-16)18(25)20-8-11-2-4-12(19)5-3-11/h2-7,9,23H,8,10H2,1H3,(H,20,25). The zero-order valence-corrected chi connectivity index (χ0v) is 14.2. The third-order valence-electron chi connectivity index (χ3n) is 3.87. The van der Waals surface area contributed by atoms with Crippen molar-refractivity contribution < 1.29 is 9.90 Å². The molecule has 0 atom stereocenters. The van der Waals surface area contributed by atoms with Crippen molar-refractivity contribution in [2.24, 2.45) is 7.05 Å². The molecule has 2 N–H and O–H groups in total. The van der Waals surface area contributed by atoms with Gasteiger partial charge in [-0.05, 0) is 29.8 Å². The van der Waals surface area contributed by atoms with Crippen molar-refractivity contribution in [2.75, 3.05) is 0 Å². The first-order valence-electron chi connectivity index (χ1n) is 7.62. The highest BCUT2D eigenvalue weighted by atomic mass is 35.5. The second-order valence-corrected chi connectivity index (χ2v) is 6.06. The molecule has 0 aliphatic carbocycles. The van der Waals surface area contributed by atoms with Gasteiger partial charge in [-0.2, -0.15) is 0 Å². The van der Waals surface area contributed by atoms with Crippen molar-refractivity contribution >= 4 is 28.5 Å². The summed E-state index contributed by atoms with van der Waals surface area (Å²) >= 11 is 5.83. The Balaban J connectivity index is 1.91. The van der Waals surface area contributed by atoms with Gasteiger partial charge < -0.3 is 15.0 Å². The van der Waals surface area contributed by atoms with Crippen LogP contribution in [0.3, 0.4) is 0 Å². The molecule has 3 rings (SSSR count). The van der Waals surface area contributed by atoms with E-state index in [0.29, 0.717) is 16.2 Å². The summed E-state index contributed by atoms with van der Waals surface area (Å²) in [7, 11) is 1.73. The van der Waals surface area contributed by atoms with Crippen LogP contribution in [-0.2, 0) is 20.2 Å². The number of aromatic nitrogens is 2. The van der Waals surface area contributed by atoms with Crippen molar-refractivity contribution in [3.8, 4) is 0 Å². The Bertz CT molecular complexity index is 997. The van der Waals surface area contributed by atoms with Crippen LogP contribution in [-0.4, -0.2) is 20.6 Å². The number of hydrogen-bond donors (Lipinski definition) is 2. The van der Waals surface area contributed by atoms with Crippen LogP contribution < -0.4 is 10.7 Å². The van der Waals surface area contributed by atoms with Gasteiger partial charge in [0.1, 0.15) is 11.1 Å². The molecule has 128 valence electrons. The number of fused-ring (bicyclic) bond motifs is 1. The Morgan fingerprint density at radius 1 is 1.24 bits per heavy atom. The lowest BCUT2D eigenvalue weighted by Gasteiger charge is -2.10. The molecule has 0 saturated heterocycles. The maximum atomic E-state index is 12.6. The first-order valence-corrected chi connectivity index (χ1v) is 8.00. The lowest BCUT2D eigenvalue weighted by molar-refractivity contribution is 0.0949. The highest BCUT2D eigenvalue weighted by molar-refractivity contribution is 6.30. The average molecular weight is 358 g/mol. The van der Waals surface area contributed by atoms with E-state index in [2.05, 4.69) is 10.3 Å². The molecule has 0 radical (unpaired) electrons. The van der Waals surface area contributed by atoms with Gasteiger partial charge in [0.15, 0.2) is 0 Å². The number of pyridine rings is 2. The zero-order chi connectivity index (χ0) is 18.0. The van der Waals surface area contributed by atoms with Crippen molar-refractivity contribution in [1.29, 1.82) is 0 Å². The number of benzene rings is 1. The predicted molar refractivity (Wildman–Crippen MR) is 95.5 cm³/mol. The summed E-state index contributed by atoms with van der Waals surface area (Å²) in [5.74, 6) is -0.478. The fraction of sp³-hybridized carbons (Fsp3) is 0.167. The van der Waals surface area contributed by atoms with Gasteiger partial charge in [-0.15, -0.1) is 0 Å². The maximum absolute atomic E-state index is 12.6. The van der Waals surface area contributed by atoms with Crippen molar-refractivity contribution in [1.82, 2.24) is 14.9 Å². The number of aliphatic hydroxyl groups excluding tert-OH is 1. The molecule has 3 aromatic rings. The number of amides is 1. The van der Waals surface area contributed by atoms with Crippen LogP contribution in [0.15, 0.2) is 47.4 Å². The molecule has 1 amide bonds. The number of aryl methyl sites for hydroxylation is 1. The van der Waals surface area contributed by atoms with Crippen molar-refractivity contribution in [2.45, 2.75) is 13.2 Å². The molecule has 1 aromatic carbocycles. The van der Waals surface area contributed by atoms with Gasteiger partial charge in [-0.1, -0.05) is 23.7 Å². The van der Waals surface area contributed by atoms with Crippen LogP contribution >= 0.6 is 11.6 Å².